The summed E-state index contributed by atoms with van der Waals surface area (Å²) in [6.07, 6.45) is 8.04. The summed E-state index contributed by atoms with van der Waals surface area (Å²) in [5.74, 6) is 0.893. The van der Waals surface area contributed by atoms with Gasteiger partial charge in [-0.2, -0.15) is 0 Å². The Hall–Kier alpha value is -0.0400. The van der Waals surface area contributed by atoms with Crippen molar-refractivity contribution in [2.45, 2.75) is 59.3 Å². The van der Waals surface area contributed by atoms with Gasteiger partial charge in [-0.3, -0.25) is 0 Å². The second-order valence-electron chi connectivity index (χ2n) is 3.87. The molecule has 0 aromatic carbocycles. The van der Waals surface area contributed by atoms with Crippen molar-refractivity contribution in [3.05, 3.63) is 0 Å². The van der Waals surface area contributed by atoms with Crippen molar-refractivity contribution < 1.29 is 4.74 Å². The molecule has 1 fully saturated rings. The van der Waals surface area contributed by atoms with E-state index in [2.05, 4.69) is 20.8 Å². The van der Waals surface area contributed by atoms with Gasteiger partial charge in [0.25, 0.3) is 0 Å². The third-order valence-electron chi connectivity index (χ3n) is 2.49. The molecule has 0 spiro atoms. The monoisotopic (exact) mass is 186 g/mol. The van der Waals surface area contributed by atoms with E-state index in [9.17, 15) is 0 Å². The summed E-state index contributed by atoms with van der Waals surface area (Å²) in [5.41, 5.74) is 0. The highest BCUT2D eigenvalue weighted by molar-refractivity contribution is 4.63. The van der Waals surface area contributed by atoms with E-state index in [4.69, 9.17) is 4.74 Å². The average molecular weight is 186 g/mol. The largest absolute Gasteiger partial charge is 0.381 e. The Morgan fingerprint density at radius 2 is 1.77 bits per heavy atom. The third kappa shape index (κ3) is 8.29. The van der Waals surface area contributed by atoms with Gasteiger partial charge in [0.05, 0.1) is 0 Å². The lowest BCUT2D eigenvalue weighted by atomic mass is 10.0. The van der Waals surface area contributed by atoms with Crippen molar-refractivity contribution >= 4 is 0 Å². The Morgan fingerprint density at radius 3 is 2.15 bits per heavy atom. The van der Waals surface area contributed by atoms with E-state index < -0.39 is 0 Å². The minimum atomic E-state index is 0.893. The zero-order chi connectivity index (χ0) is 9.94. The number of hydrogen-bond acceptors (Lipinski definition) is 1. The van der Waals surface area contributed by atoms with Gasteiger partial charge in [-0.1, -0.05) is 46.5 Å². The zero-order valence-electron chi connectivity index (χ0n) is 9.64. The van der Waals surface area contributed by atoms with Gasteiger partial charge in [0.2, 0.25) is 0 Å². The first-order valence-electron chi connectivity index (χ1n) is 5.92. The highest BCUT2D eigenvalue weighted by Gasteiger charge is 2.13. The summed E-state index contributed by atoms with van der Waals surface area (Å²) in [6.45, 7) is 8.64. The van der Waals surface area contributed by atoms with Gasteiger partial charge in [-0.25, -0.2) is 0 Å². The van der Waals surface area contributed by atoms with E-state index in [0.717, 1.165) is 19.1 Å². The van der Waals surface area contributed by atoms with Gasteiger partial charge < -0.3 is 4.74 Å². The minimum Gasteiger partial charge on any atom is -0.381 e. The molecule has 0 amide bonds. The molecule has 0 radical (unpaired) electrons. The molecule has 1 heteroatoms. The van der Waals surface area contributed by atoms with Gasteiger partial charge in [-0.05, 0) is 18.8 Å². The second kappa shape index (κ2) is 10.0. The summed E-state index contributed by atoms with van der Waals surface area (Å²) in [5, 5.41) is 0. The molecule has 0 N–H and O–H groups in total. The van der Waals surface area contributed by atoms with Crippen LogP contribution in [0.2, 0.25) is 0 Å². The molecule has 0 aromatic heterocycles. The number of rotatable bonds is 4. The van der Waals surface area contributed by atoms with Crippen LogP contribution < -0.4 is 0 Å². The molecule has 1 nitrogen and oxygen atoms in total. The van der Waals surface area contributed by atoms with Crippen molar-refractivity contribution in [1.29, 1.82) is 0 Å². The fraction of sp³-hybridized carbons (Fsp3) is 1.00. The molecular formula is C12H26O. The molecule has 0 aliphatic carbocycles. The van der Waals surface area contributed by atoms with Gasteiger partial charge in [0, 0.05) is 13.2 Å². The number of hydrogen-bond donors (Lipinski definition) is 0. The van der Waals surface area contributed by atoms with E-state index in [1.165, 1.54) is 38.5 Å². The van der Waals surface area contributed by atoms with Gasteiger partial charge in [0.15, 0.2) is 0 Å². The third-order valence-corrected chi connectivity index (χ3v) is 2.49. The van der Waals surface area contributed by atoms with Crippen LogP contribution in [0.4, 0.5) is 0 Å². The maximum Gasteiger partial charge on any atom is 0.0495 e. The fourth-order valence-electron chi connectivity index (χ4n) is 1.30. The van der Waals surface area contributed by atoms with Crippen LogP contribution in [-0.4, -0.2) is 13.2 Å². The van der Waals surface area contributed by atoms with E-state index in [1.54, 1.807) is 0 Å². The lowest BCUT2D eigenvalue weighted by molar-refractivity contribution is 0.184. The molecule has 1 unspecified atom stereocenters. The first-order chi connectivity index (χ1) is 6.35. The molecule has 0 saturated carbocycles. The summed E-state index contributed by atoms with van der Waals surface area (Å²) in [6, 6.07) is 0. The molecule has 1 saturated heterocycles. The Labute approximate surface area is 83.9 Å². The smallest absolute Gasteiger partial charge is 0.0495 e. The lowest BCUT2D eigenvalue weighted by Crippen LogP contribution is -1.97. The topological polar surface area (TPSA) is 9.23 Å². The molecule has 80 valence electrons. The maximum atomic E-state index is 5.25. The number of unbranched alkanes of at least 4 members (excludes halogenated alkanes) is 2. The van der Waals surface area contributed by atoms with Crippen LogP contribution in [-0.2, 0) is 4.74 Å². The van der Waals surface area contributed by atoms with Crippen LogP contribution >= 0.6 is 0 Å². The standard InChI is InChI=1S/C8H16O.C4H10/c1-2-3-4-8-5-6-9-7-8;1-3-4-2/h8H,2-7H2,1H3;3-4H2,1-2H3. The summed E-state index contributed by atoms with van der Waals surface area (Å²) in [7, 11) is 0. The first kappa shape index (κ1) is 13.0. The molecule has 1 atom stereocenters. The summed E-state index contributed by atoms with van der Waals surface area (Å²) in [4.78, 5) is 0. The Morgan fingerprint density at radius 1 is 1.08 bits per heavy atom. The van der Waals surface area contributed by atoms with Crippen molar-refractivity contribution in [2.75, 3.05) is 13.2 Å². The quantitative estimate of drug-likeness (QED) is 0.644. The fourth-order valence-corrected chi connectivity index (χ4v) is 1.30. The highest BCUT2D eigenvalue weighted by Crippen LogP contribution is 2.18. The van der Waals surface area contributed by atoms with E-state index in [1.807, 2.05) is 0 Å². The van der Waals surface area contributed by atoms with Gasteiger partial charge in [0.1, 0.15) is 0 Å². The summed E-state index contributed by atoms with van der Waals surface area (Å²) < 4.78 is 5.25. The molecule has 0 aromatic rings. The predicted octanol–water partition coefficient (Wildman–Crippen LogP) is 4.02. The van der Waals surface area contributed by atoms with Crippen molar-refractivity contribution in [1.82, 2.24) is 0 Å². The predicted molar refractivity (Wildman–Crippen MR) is 59.0 cm³/mol. The molecule has 1 aliphatic rings. The van der Waals surface area contributed by atoms with Gasteiger partial charge >= 0.3 is 0 Å². The van der Waals surface area contributed by atoms with Crippen molar-refractivity contribution in [3.8, 4) is 0 Å². The second-order valence-corrected chi connectivity index (χ2v) is 3.87. The molecular weight excluding hydrogens is 160 g/mol. The van der Waals surface area contributed by atoms with Crippen LogP contribution in [0, 0.1) is 5.92 Å². The Bertz CT molecular complexity index is 83.1. The van der Waals surface area contributed by atoms with E-state index in [0.29, 0.717) is 0 Å². The molecule has 1 rings (SSSR count). The maximum absolute atomic E-state index is 5.25. The highest BCUT2D eigenvalue weighted by atomic mass is 16.5. The molecule has 1 aliphatic heterocycles. The lowest BCUT2D eigenvalue weighted by Gasteiger charge is -2.03. The van der Waals surface area contributed by atoms with Crippen LogP contribution in [0.1, 0.15) is 59.3 Å². The van der Waals surface area contributed by atoms with Crippen molar-refractivity contribution in [3.63, 3.8) is 0 Å². The van der Waals surface area contributed by atoms with E-state index >= 15 is 0 Å². The Kier molecular flexibility index (Phi) is 10.0. The van der Waals surface area contributed by atoms with Crippen molar-refractivity contribution in [2.24, 2.45) is 5.92 Å². The number of ether oxygens (including phenoxy) is 1. The van der Waals surface area contributed by atoms with Crippen LogP contribution in [0.3, 0.4) is 0 Å². The Balaban J connectivity index is 0.000000310. The summed E-state index contributed by atoms with van der Waals surface area (Å²) >= 11 is 0. The molecule has 13 heavy (non-hydrogen) atoms. The van der Waals surface area contributed by atoms with Crippen LogP contribution in [0.25, 0.3) is 0 Å². The minimum absolute atomic E-state index is 0.893. The first-order valence-corrected chi connectivity index (χ1v) is 5.92. The molecule has 0 bridgehead atoms. The molecule has 1 heterocycles. The van der Waals surface area contributed by atoms with Gasteiger partial charge in [-0.15, -0.1) is 0 Å². The van der Waals surface area contributed by atoms with Crippen LogP contribution in [0.5, 0.6) is 0 Å². The zero-order valence-corrected chi connectivity index (χ0v) is 9.64. The normalized spacial score (nSPS) is 21.0. The van der Waals surface area contributed by atoms with E-state index in [-0.39, 0.29) is 0 Å². The average Bonchev–Trinajstić information content (AvgIpc) is 2.67. The SMILES string of the molecule is CCCC.CCCCC1CCOC1. The van der Waals surface area contributed by atoms with Crippen LogP contribution in [0.15, 0.2) is 0 Å².